The molecule has 14 heavy (non-hydrogen) atoms. The molecule has 0 aromatic heterocycles. The predicted octanol–water partition coefficient (Wildman–Crippen LogP) is 3.01. The number of alkyl halides is 2. The van der Waals surface area contributed by atoms with E-state index >= 15 is 0 Å². The second kappa shape index (κ2) is 3.71. The van der Waals surface area contributed by atoms with E-state index in [1.54, 1.807) is 12.1 Å². The molecule has 1 atom stereocenters. The summed E-state index contributed by atoms with van der Waals surface area (Å²) in [6, 6.07) is 4.67. The highest BCUT2D eigenvalue weighted by Gasteiger charge is 2.25. The maximum Gasteiger partial charge on any atom is 0.387 e. The van der Waals surface area contributed by atoms with Gasteiger partial charge in [0.25, 0.3) is 0 Å². The number of benzene rings is 1. The molecule has 2 rings (SSSR count). The van der Waals surface area contributed by atoms with E-state index in [4.69, 9.17) is 16.3 Å². The molecule has 5 heteroatoms. The number of epoxide rings is 1. The molecule has 0 spiro atoms. The van der Waals surface area contributed by atoms with Crippen LogP contribution in [0.3, 0.4) is 0 Å². The van der Waals surface area contributed by atoms with E-state index in [1.807, 2.05) is 0 Å². The minimum atomic E-state index is -2.85. The van der Waals surface area contributed by atoms with Crippen molar-refractivity contribution >= 4 is 11.6 Å². The number of ether oxygens (including phenoxy) is 2. The van der Waals surface area contributed by atoms with Gasteiger partial charge in [0, 0.05) is 0 Å². The summed E-state index contributed by atoms with van der Waals surface area (Å²) in [7, 11) is 0. The Hall–Kier alpha value is -0.870. The summed E-state index contributed by atoms with van der Waals surface area (Å²) < 4.78 is 32.9. The lowest BCUT2D eigenvalue weighted by atomic mass is 10.1. The predicted molar refractivity (Wildman–Crippen MR) is 46.8 cm³/mol. The van der Waals surface area contributed by atoms with Crippen molar-refractivity contribution in [3.05, 3.63) is 28.8 Å². The van der Waals surface area contributed by atoms with E-state index in [0.717, 1.165) is 5.56 Å². The summed E-state index contributed by atoms with van der Waals surface area (Å²) in [5, 5.41) is 0.179. The molecule has 0 amide bonds. The molecule has 1 heterocycles. The van der Waals surface area contributed by atoms with E-state index in [-0.39, 0.29) is 16.9 Å². The van der Waals surface area contributed by atoms with Crippen molar-refractivity contribution < 1.29 is 18.3 Å². The normalized spacial score (nSPS) is 19.9. The van der Waals surface area contributed by atoms with Crippen molar-refractivity contribution in [1.82, 2.24) is 0 Å². The molecule has 2 nitrogen and oxygen atoms in total. The molecule has 1 aromatic rings. The second-order valence-corrected chi connectivity index (χ2v) is 3.30. The second-order valence-electron chi connectivity index (χ2n) is 2.89. The first-order valence-electron chi connectivity index (χ1n) is 4.02. The summed E-state index contributed by atoms with van der Waals surface area (Å²) >= 11 is 5.73. The minimum Gasteiger partial charge on any atom is -0.433 e. The molecule has 0 radical (unpaired) electrons. The van der Waals surface area contributed by atoms with Gasteiger partial charge in [0.15, 0.2) is 0 Å². The quantitative estimate of drug-likeness (QED) is 0.731. The minimum absolute atomic E-state index is 0.00827. The van der Waals surface area contributed by atoms with Crippen LogP contribution in [0.25, 0.3) is 0 Å². The standard InChI is InChI=1S/C9H7ClF2O2/c10-6-3-5(8-4-13-8)1-2-7(6)14-9(11)12/h1-3,8-9H,4H2. The van der Waals surface area contributed by atoms with Crippen LogP contribution < -0.4 is 4.74 Å². The van der Waals surface area contributed by atoms with Gasteiger partial charge in [0.2, 0.25) is 0 Å². The molecule has 76 valence electrons. The maximum atomic E-state index is 11.9. The molecular weight excluding hydrogens is 214 g/mol. The van der Waals surface area contributed by atoms with Crippen molar-refractivity contribution in [2.24, 2.45) is 0 Å². The molecule has 1 fully saturated rings. The van der Waals surface area contributed by atoms with Crippen molar-refractivity contribution in [3.8, 4) is 5.75 Å². The van der Waals surface area contributed by atoms with Crippen LogP contribution in [0.2, 0.25) is 5.02 Å². The van der Waals surface area contributed by atoms with Gasteiger partial charge >= 0.3 is 6.61 Å². The molecular formula is C9H7ClF2O2. The first kappa shape index (κ1) is 9.68. The van der Waals surface area contributed by atoms with Gasteiger partial charge in [-0.3, -0.25) is 0 Å². The Morgan fingerprint density at radius 2 is 2.21 bits per heavy atom. The molecule has 1 aliphatic heterocycles. The molecule has 0 aliphatic carbocycles. The number of rotatable bonds is 3. The van der Waals surface area contributed by atoms with Crippen LogP contribution in [0.15, 0.2) is 18.2 Å². The van der Waals surface area contributed by atoms with Crippen LogP contribution in [-0.4, -0.2) is 13.2 Å². The van der Waals surface area contributed by atoms with Crippen LogP contribution in [-0.2, 0) is 4.74 Å². The molecule has 1 saturated heterocycles. The van der Waals surface area contributed by atoms with Gasteiger partial charge in [0.05, 0.1) is 11.6 Å². The third kappa shape index (κ3) is 2.13. The Morgan fingerprint density at radius 3 is 2.71 bits per heavy atom. The maximum absolute atomic E-state index is 11.9. The zero-order valence-electron chi connectivity index (χ0n) is 7.04. The van der Waals surface area contributed by atoms with Gasteiger partial charge in [-0.25, -0.2) is 0 Å². The van der Waals surface area contributed by atoms with Crippen molar-refractivity contribution in [2.45, 2.75) is 12.7 Å². The average molecular weight is 221 g/mol. The van der Waals surface area contributed by atoms with Gasteiger partial charge in [0.1, 0.15) is 11.9 Å². The highest BCUT2D eigenvalue weighted by molar-refractivity contribution is 6.32. The molecule has 0 N–H and O–H groups in total. The van der Waals surface area contributed by atoms with Gasteiger partial charge in [-0.2, -0.15) is 8.78 Å². The van der Waals surface area contributed by atoms with E-state index < -0.39 is 6.61 Å². The highest BCUT2D eigenvalue weighted by Crippen LogP contribution is 2.35. The monoisotopic (exact) mass is 220 g/mol. The molecule has 1 aromatic carbocycles. The fourth-order valence-electron chi connectivity index (χ4n) is 1.15. The fraction of sp³-hybridized carbons (Fsp3) is 0.333. The topological polar surface area (TPSA) is 21.8 Å². The number of hydrogen-bond acceptors (Lipinski definition) is 2. The summed E-state index contributed by atoms with van der Waals surface area (Å²) in [5.74, 6) is -0.00827. The zero-order valence-corrected chi connectivity index (χ0v) is 7.80. The van der Waals surface area contributed by atoms with Gasteiger partial charge < -0.3 is 9.47 Å². The smallest absolute Gasteiger partial charge is 0.387 e. The molecule has 1 aliphatic rings. The lowest BCUT2D eigenvalue weighted by Crippen LogP contribution is -2.02. The summed E-state index contributed by atoms with van der Waals surface area (Å²) in [6.07, 6.45) is 0.0631. The zero-order chi connectivity index (χ0) is 10.1. The van der Waals surface area contributed by atoms with Gasteiger partial charge in [-0.15, -0.1) is 0 Å². The molecule has 0 bridgehead atoms. The van der Waals surface area contributed by atoms with E-state index in [1.165, 1.54) is 6.07 Å². The Morgan fingerprint density at radius 1 is 1.50 bits per heavy atom. The number of halogens is 3. The first-order valence-corrected chi connectivity index (χ1v) is 4.40. The first-order chi connectivity index (χ1) is 6.66. The van der Waals surface area contributed by atoms with E-state index in [0.29, 0.717) is 6.61 Å². The fourth-order valence-corrected chi connectivity index (χ4v) is 1.38. The van der Waals surface area contributed by atoms with Crippen LogP contribution in [0.1, 0.15) is 11.7 Å². The van der Waals surface area contributed by atoms with Crippen molar-refractivity contribution in [1.29, 1.82) is 0 Å². The Balaban J connectivity index is 2.17. The van der Waals surface area contributed by atoms with Gasteiger partial charge in [-0.05, 0) is 17.7 Å². The molecule has 1 unspecified atom stereocenters. The average Bonchev–Trinajstić information content (AvgIpc) is 2.90. The SMILES string of the molecule is FC(F)Oc1ccc(C2CO2)cc1Cl. The van der Waals surface area contributed by atoms with Crippen LogP contribution >= 0.6 is 11.6 Å². The van der Waals surface area contributed by atoms with E-state index in [2.05, 4.69) is 4.74 Å². The molecule has 0 saturated carbocycles. The lowest BCUT2D eigenvalue weighted by Gasteiger charge is -2.07. The summed E-state index contributed by atoms with van der Waals surface area (Å²) in [5.41, 5.74) is 0.886. The summed E-state index contributed by atoms with van der Waals surface area (Å²) in [6.45, 7) is -2.19. The van der Waals surface area contributed by atoms with Crippen LogP contribution in [0.4, 0.5) is 8.78 Å². The Bertz CT molecular complexity index is 340. The Kier molecular flexibility index (Phi) is 2.56. The van der Waals surface area contributed by atoms with E-state index in [9.17, 15) is 8.78 Å². The largest absolute Gasteiger partial charge is 0.433 e. The van der Waals surface area contributed by atoms with Crippen molar-refractivity contribution in [3.63, 3.8) is 0 Å². The third-order valence-corrected chi connectivity index (χ3v) is 2.17. The summed E-state index contributed by atoms with van der Waals surface area (Å²) in [4.78, 5) is 0. The third-order valence-electron chi connectivity index (χ3n) is 1.88. The Labute approximate surface area is 84.4 Å². The highest BCUT2D eigenvalue weighted by atomic mass is 35.5. The van der Waals surface area contributed by atoms with Crippen molar-refractivity contribution in [2.75, 3.05) is 6.61 Å². The number of hydrogen-bond donors (Lipinski definition) is 0. The van der Waals surface area contributed by atoms with Crippen LogP contribution in [0, 0.1) is 0 Å². The lowest BCUT2D eigenvalue weighted by molar-refractivity contribution is -0.0497. The van der Waals surface area contributed by atoms with Gasteiger partial charge in [-0.1, -0.05) is 17.7 Å². The van der Waals surface area contributed by atoms with Crippen LogP contribution in [0.5, 0.6) is 5.75 Å².